The summed E-state index contributed by atoms with van der Waals surface area (Å²) in [5.74, 6) is 0.639. The van der Waals surface area contributed by atoms with Crippen molar-refractivity contribution in [3.8, 4) is 5.75 Å². The van der Waals surface area contributed by atoms with E-state index in [0.29, 0.717) is 22.9 Å². The van der Waals surface area contributed by atoms with Gasteiger partial charge in [0.25, 0.3) is 0 Å². The van der Waals surface area contributed by atoms with Crippen LogP contribution >= 0.6 is 11.6 Å². The van der Waals surface area contributed by atoms with Gasteiger partial charge in [-0.15, -0.1) is 0 Å². The average Bonchev–Trinajstić information content (AvgIpc) is 2.46. The van der Waals surface area contributed by atoms with Gasteiger partial charge in [-0.1, -0.05) is 41.9 Å². The second kappa shape index (κ2) is 5.39. The minimum Gasteiger partial charge on any atom is -0.487 e. The van der Waals surface area contributed by atoms with Gasteiger partial charge in [0, 0.05) is 22.0 Å². The number of H-pyrrole nitrogens is 1. The Kier molecular flexibility index (Phi) is 3.44. The van der Waals surface area contributed by atoms with Crippen molar-refractivity contribution in [1.82, 2.24) is 4.98 Å². The van der Waals surface area contributed by atoms with Gasteiger partial charge in [0.15, 0.2) is 0 Å². The number of benzene rings is 2. The number of halogens is 1. The Morgan fingerprint density at radius 1 is 1.00 bits per heavy atom. The number of rotatable bonds is 3. The molecule has 3 aromatic rings. The van der Waals surface area contributed by atoms with Gasteiger partial charge in [0.2, 0.25) is 5.56 Å². The van der Waals surface area contributed by atoms with E-state index in [9.17, 15) is 4.79 Å². The van der Waals surface area contributed by atoms with Crippen LogP contribution in [0.25, 0.3) is 10.9 Å². The molecule has 1 N–H and O–H groups in total. The first-order valence-corrected chi connectivity index (χ1v) is 6.60. The van der Waals surface area contributed by atoms with Crippen molar-refractivity contribution in [2.45, 2.75) is 6.61 Å². The van der Waals surface area contributed by atoms with Crippen LogP contribution in [-0.4, -0.2) is 4.98 Å². The number of hydrogen-bond acceptors (Lipinski definition) is 2. The highest BCUT2D eigenvalue weighted by Crippen LogP contribution is 2.24. The zero-order valence-corrected chi connectivity index (χ0v) is 11.4. The van der Waals surface area contributed by atoms with Gasteiger partial charge in [0.05, 0.1) is 5.52 Å². The van der Waals surface area contributed by atoms with Gasteiger partial charge in [-0.3, -0.25) is 4.79 Å². The highest BCUT2D eigenvalue weighted by atomic mass is 35.5. The number of nitrogens with one attached hydrogen (secondary N) is 1. The second-order valence-corrected chi connectivity index (χ2v) is 4.83. The summed E-state index contributed by atoms with van der Waals surface area (Å²) >= 11 is 6.10. The molecule has 0 amide bonds. The molecule has 0 saturated carbocycles. The Balaban J connectivity index is 1.93. The van der Waals surface area contributed by atoms with Crippen LogP contribution in [0.4, 0.5) is 0 Å². The maximum atomic E-state index is 11.4. The third kappa shape index (κ3) is 2.53. The predicted octanol–water partition coefficient (Wildman–Crippen LogP) is 3.76. The van der Waals surface area contributed by atoms with Crippen LogP contribution in [0.5, 0.6) is 5.75 Å². The van der Waals surface area contributed by atoms with Crippen LogP contribution in [0.15, 0.2) is 59.4 Å². The van der Waals surface area contributed by atoms with Gasteiger partial charge in [-0.2, -0.15) is 0 Å². The highest BCUT2D eigenvalue weighted by molar-refractivity contribution is 6.31. The van der Waals surface area contributed by atoms with Gasteiger partial charge in [0.1, 0.15) is 12.4 Å². The number of fused-ring (bicyclic) bond motifs is 1. The SMILES string of the molecule is O=c1ccc2cccc(OCc3ccccc3Cl)c2[nH]1. The summed E-state index contributed by atoms with van der Waals surface area (Å²) in [5, 5.41) is 1.60. The van der Waals surface area contributed by atoms with Crippen LogP contribution in [0, 0.1) is 0 Å². The first-order chi connectivity index (χ1) is 9.74. The monoisotopic (exact) mass is 285 g/mol. The normalized spacial score (nSPS) is 10.7. The molecule has 0 fully saturated rings. The third-order valence-corrected chi connectivity index (χ3v) is 3.43. The van der Waals surface area contributed by atoms with Crippen molar-refractivity contribution >= 4 is 22.5 Å². The summed E-state index contributed by atoms with van der Waals surface area (Å²) < 4.78 is 5.79. The minimum atomic E-state index is -0.147. The average molecular weight is 286 g/mol. The molecule has 0 bridgehead atoms. The molecule has 1 aromatic heterocycles. The zero-order valence-electron chi connectivity index (χ0n) is 10.6. The molecule has 0 spiro atoms. The van der Waals surface area contributed by atoms with E-state index in [1.807, 2.05) is 42.5 Å². The number of para-hydroxylation sites is 1. The van der Waals surface area contributed by atoms with Crippen molar-refractivity contribution < 1.29 is 4.74 Å². The fraction of sp³-hybridized carbons (Fsp3) is 0.0625. The number of ether oxygens (including phenoxy) is 1. The fourth-order valence-corrected chi connectivity index (χ4v) is 2.23. The summed E-state index contributed by atoms with van der Waals surface area (Å²) in [7, 11) is 0. The zero-order chi connectivity index (χ0) is 13.9. The van der Waals surface area contributed by atoms with E-state index < -0.39 is 0 Å². The number of aromatic nitrogens is 1. The van der Waals surface area contributed by atoms with E-state index in [-0.39, 0.29) is 5.56 Å². The molecule has 4 heteroatoms. The van der Waals surface area contributed by atoms with Crippen molar-refractivity contribution in [3.05, 3.63) is 75.5 Å². The maximum Gasteiger partial charge on any atom is 0.248 e. The van der Waals surface area contributed by atoms with Gasteiger partial charge < -0.3 is 9.72 Å². The molecule has 0 unspecified atom stereocenters. The van der Waals surface area contributed by atoms with Gasteiger partial charge in [-0.25, -0.2) is 0 Å². The molecule has 3 nitrogen and oxygen atoms in total. The molecule has 0 atom stereocenters. The lowest BCUT2D eigenvalue weighted by Crippen LogP contribution is -2.04. The Morgan fingerprint density at radius 2 is 1.85 bits per heavy atom. The van der Waals surface area contributed by atoms with Crippen LogP contribution in [0.3, 0.4) is 0 Å². The molecular weight excluding hydrogens is 274 g/mol. The van der Waals surface area contributed by atoms with Crippen LogP contribution in [-0.2, 0) is 6.61 Å². The molecule has 1 heterocycles. The largest absolute Gasteiger partial charge is 0.487 e. The number of pyridine rings is 1. The lowest BCUT2D eigenvalue weighted by molar-refractivity contribution is 0.309. The van der Waals surface area contributed by atoms with E-state index >= 15 is 0 Å². The van der Waals surface area contributed by atoms with Crippen LogP contribution in [0.1, 0.15) is 5.56 Å². The molecule has 0 aliphatic rings. The molecular formula is C16H12ClNO2. The third-order valence-electron chi connectivity index (χ3n) is 3.06. The lowest BCUT2D eigenvalue weighted by Gasteiger charge is -2.10. The lowest BCUT2D eigenvalue weighted by atomic mass is 10.2. The Hall–Kier alpha value is -2.26. The first kappa shape index (κ1) is 12.8. The maximum absolute atomic E-state index is 11.4. The van der Waals surface area contributed by atoms with Crippen LogP contribution in [0.2, 0.25) is 5.02 Å². The van der Waals surface area contributed by atoms with E-state index in [2.05, 4.69) is 4.98 Å². The molecule has 0 aliphatic heterocycles. The van der Waals surface area contributed by atoms with Gasteiger partial charge in [-0.05, 0) is 18.2 Å². The minimum absolute atomic E-state index is 0.147. The van der Waals surface area contributed by atoms with Crippen molar-refractivity contribution in [2.75, 3.05) is 0 Å². The standard InChI is InChI=1S/C16H12ClNO2/c17-13-6-2-1-4-12(13)10-20-14-7-3-5-11-8-9-15(19)18-16(11)14/h1-9H,10H2,(H,18,19). The Labute approximate surface area is 120 Å². The van der Waals surface area contributed by atoms with E-state index in [0.717, 1.165) is 10.9 Å². The molecule has 0 saturated heterocycles. The molecule has 100 valence electrons. The second-order valence-electron chi connectivity index (χ2n) is 4.42. The molecule has 0 aliphatic carbocycles. The molecule has 2 aromatic carbocycles. The number of hydrogen-bond donors (Lipinski definition) is 1. The quantitative estimate of drug-likeness (QED) is 0.796. The smallest absolute Gasteiger partial charge is 0.248 e. The van der Waals surface area contributed by atoms with Gasteiger partial charge >= 0.3 is 0 Å². The number of aromatic amines is 1. The Morgan fingerprint density at radius 3 is 2.70 bits per heavy atom. The van der Waals surface area contributed by atoms with E-state index in [1.54, 1.807) is 6.07 Å². The molecule has 0 radical (unpaired) electrons. The summed E-state index contributed by atoms with van der Waals surface area (Å²) in [6, 6.07) is 16.4. The van der Waals surface area contributed by atoms with Crippen molar-refractivity contribution in [1.29, 1.82) is 0 Å². The highest BCUT2D eigenvalue weighted by Gasteiger charge is 2.05. The summed E-state index contributed by atoms with van der Waals surface area (Å²) in [5.41, 5.74) is 1.46. The topological polar surface area (TPSA) is 42.1 Å². The van der Waals surface area contributed by atoms with Crippen LogP contribution < -0.4 is 10.3 Å². The van der Waals surface area contributed by atoms with E-state index in [1.165, 1.54) is 6.07 Å². The van der Waals surface area contributed by atoms with Crippen molar-refractivity contribution in [2.24, 2.45) is 0 Å². The summed E-state index contributed by atoms with van der Waals surface area (Å²) in [6.07, 6.45) is 0. The first-order valence-electron chi connectivity index (χ1n) is 6.22. The van der Waals surface area contributed by atoms with E-state index in [4.69, 9.17) is 16.3 Å². The van der Waals surface area contributed by atoms with Crippen molar-refractivity contribution in [3.63, 3.8) is 0 Å². The fourth-order valence-electron chi connectivity index (χ4n) is 2.04. The summed E-state index contributed by atoms with van der Waals surface area (Å²) in [4.78, 5) is 14.2. The Bertz CT molecular complexity index is 811. The predicted molar refractivity (Wildman–Crippen MR) is 80.4 cm³/mol. The summed E-state index contributed by atoms with van der Waals surface area (Å²) in [6.45, 7) is 0.357. The molecule has 20 heavy (non-hydrogen) atoms. The molecule has 3 rings (SSSR count).